The van der Waals surface area contributed by atoms with E-state index in [2.05, 4.69) is 4.98 Å². The van der Waals surface area contributed by atoms with Crippen LogP contribution in [0.2, 0.25) is 0 Å². The minimum absolute atomic E-state index is 0.172. The summed E-state index contributed by atoms with van der Waals surface area (Å²) in [6.07, 6.45) is 4.10. The molecule has 7 nitrogen and oxygen atoms in total. The predicted octanol–water partition coefficient (Wildman–Crippen LogP) is 2.30. The third-order valence-corrected chi connectivity index (χ3v) is 7.35. The highest BCUT2D eigenvalue weighted by Crippen LogP contribution is 2.34. The van der Waals surface area contributed by atoms with Crippen LogP contribution >= 0.6 is 11.3 Å². The molecule has 9 heteroatoms. The minimum atomic E-state index is -3.31. The van der Waals surface area contributed by atoms with Gasteiger partial charge in [-0.05, 0) is 49.1 Å². The van der Waals surface area contributed by atoms with Gasteiger partial charge in [0.15, 0.2) is 9.84 Å². The number of amides is 1. The number of fused-ring (bicyclic) bond motifs is 2. The average Bonchev–Trinajstić information content (AvgIpc) is 2.99. The van der Waals surface area contributed by atoms with Gasteiger partial charge in [0.25, 0.3) is 11.5 Å². The van der Waals surface area contributed by atoms with Crippen LogP contribution in [0.15, 0.2) is 34.2 Å². The molecule has 0 fully saturated rings. The van der Waals surface area contributed by atoms with E-state index >= 15 is 0 Å². The van der Waals surface area contributed by atoms with E-state index in [4.69, 9.17) is 0 Å². The Kier molecular flexibility index (Phi) is 4.39. The lowest BCUT2D eigenvalue weighted by Gasteiger charge is -2.29. The van der Waals surface area contributed by atoms with Gasteiger partial charge in [-0.2, -0.15) is 0 Å². The van der Waals surface area contributed by atoms with Gasteiger partial charge in [0.05, 0.1) is 21.5 Å². The molecule has 0 N–H and O–H groups in total. The van der Waals surface area contributed by atoms with Crippen molar-refractivity contribution in [1.82, 2.24) is 9.55 Å². The fourth-order valence-corrected chi connectivity index (χ4v) is 5.31. The van der Waals surface area contributed by atoms with Gasteiger partial charge in [-0.3, -0.25) is 9.59 Å². The summed E-state index contributed by atoms with van der Waals surface area (Å²) in [5.41, 5.74) is 2.03. The van der Waals surface area contributed by atoms with Crippen LogP contribution < -0.4 is 10.5 Å². The quantitative estimate of drug-likeness (QED) is 0.638. The van der Waals surface area contributed by atoms with E-state index in [1.54, 1.807) is 31.0 Å². The van der Waals surface area contributed by atoms with E-state index in [1.165, 1.54) is 34.6 Å². The maximum absolute atomic E-state index is 13.3. The average molecular weight is 418 g/mol. The van der Waals surface area contributed by atoms with Crippen molar-refractivity contribution in [2.24, 2.45) is 7.05 Å². The van der Waals surface area contributed by atoms with Crippen molar-refractivity contribution < 1.29 is 13.2 Å². The maximum atomic E-state index is 13.3. The Labute approximate surface area is 166 Å². The highest BCUT2D eigenvalue weighted by Gasteiger charge is 2.28. The van der Waals surface area contributed by atoms with Crippen molar-refractivity contribution in [1.29, 1.82) is 0 Å². The van der Waals surface area contributed by atoms with Gasteiger partial charge >= 0.3 is 0 Å². The molecule has 1 aromatic carbocycles. The van der Waals surface area contributed by atoms with Crippen LogP contribution in [-0.2, 0) is 23.3 Å². The molecule has 0 unspecified atom stereocenters. The molecule has 0 bridgehead atoms. The van der Waals surface area contributed by atoms with Crippen molar-refractivity contribution in [3.8, 4) is 0 Å². The largest absolute Gasteiger partial charge is 0.307 e. The van der Waals surface area contributed by atoms with Gasteiger partial charge in [0.1, 0.15) is 4.83 Å². The number of sulfone groups is 1. The van der Waals surface area contributed by atoms with Gasteiger partial charge in [0.2, 0.25) is 0 Å². The Bertz CT molecular complexity index is 1290. The van der Waals surface area contributed by atoms with Gasteiger partial charge in [-0.1, -0.05) is 0 Å². The molecule has 0 atom stereocenters. The zero-order valence-corrected chi connectivity index (χ0v) is 17.4. The van der Waals surface area contributed by atoms with E-state index in [1.807, 2.05) is 0 Å². The van der Waals surface area contributed by atoms with Crippen molar-refractivity contribution in [3.63, 3.8) is 0 Å². The maximum Gasteiger partial charge on any atom is 0.268 e. The third kappa shape index (κ3) is 2.94. The first-order chi connectivity index (χ1) is 13.2. The number of rotatable bonds is 2. The van der Waals surface area contributed by atoms with Crippen LogP contribution in [0.4, 0.5) is 5.69 Å². The van der Waals surface area contributed by atoms with Crippen LogP contribution in [0, 0.1) is 6.92 Å². The first kappa shape index (κ1) is 18.8. The number of carbonyl (C=O) groups is 1. The lowest BCUT2D eigenvalue weighted by Crippen LogP contribution is -2.35. The van der Waals surface area contributed by atoms with Crippen LogP contribution in [0.5, 0.6) is 0 Å². The molecule has 3 aromatic rings. The van der Waals surface area contributed by atoms with E-state index < -0.39 is 9.84 Å². The number of aromatic nitrogens is 2. The number of carbonyl (C=O) groups excluding carboxylic acids is 1. The Morgan fingerprint density at radius 1 is 1.29 bits per heavy atom. The van der Waals surface area contributed by atoms with Crippen LogP contribution in [-0.4, -0.2) is 36.7 Å². The normalized spacial score (nSPS) is 14.3. The van der Waals surface area contributed by atoms with Crippen molar-refractivity contribution in [2.75, 3.05) is 17.7 Å². The summed E-state index contributed by atoms with van der Waals surface area (Å²) in [4.78, 5) is 33.0. The monoisotopic (exact) mass is 417 g/mol. The van der Waals surface area contributed by atoms with E-state index in [0.717, 1.165) is 24.1 Å². The number of hydrogen-bond acceptors (Lipinski definition) is 6. The third-order valence-electron chi connectivity index (χ3n) is 5.05. The zero-order valence-electron chi connectivity index (χ0n) is 15.7. The standard InChI is InChI=1S/C19H19N3O4S2/c1-11-15-17(20-10-21(2)18(15)23)27-16(11)19(24)22-8-4-5-12-9-13(28(3,25)26)6-7-14(12)22/h6-7,9-10H,4-5,8H2,1-3H3. The lowest BCUT2D eigenvalue weighted by molar-refractivity contribution is 0.0988. The van der Waals surface area contributed by atoms with Crippen LogP contribution in [0.3, 0.4) is 0 Å². The molecule has 0 saturated carbocycles. The van der Waals surface area contributed by atoms with Crippen LogP contribution in [0.25, 0.3) is 10.2 Å². The Morgan fingerprint density at radius 2 is 2.04 bits per heavy atom. The molecule has 1 aliphatic rings. The summed E-state index contributed by atoms with van der Waals surface area (Å²) in [5, 5.41) is 0.475. The molecule has 0 spiro atoms. The lowest BCUT2D eigenvalue weighted by atomic mass is 10.0. The highest BCUT2D eigenvalue weighted by atomic mass is 32.2. The molecule has 2 aromatic heterocycles. The number of benzene rings is 1. The second kappa shape index (κ2) is 6.52. The predicted molar refractivity (Wildman–Crippen MR) is 109 cm³/mol. The van der Waals surface area contributed by atoms with Gasteiger partial charge in [-0.15, -0.1) is 11.3 Å². The molecule has 0 saturated heterocycles. The molecule has 28 heavy (non-hydrogen) atoms. The Balaban J connectivity index is 1.81. The molecular formula is C19H19N3O4S2. The molecular weight excluding hydrogens is 398 g/mol. The molecule has 0 radical (unpaired) electrons. The molecule has 146 valence electrons. The summed E-state index contributed by atoms with van der Waals surface area (Å²) in [7, 11) is -1.67. The van der Waals surface area contributed by atoms with E-state index in [9.17, 15) is 18.0 Å². The number of aryl methyl sites for hydroxylation is 3. The fourth-order valence-electron chi connectivity index (χ4n) is 3.55. The zero-order chi connectivity index (χ0) is 20.2. The van der Waals surface area contributed by atoms with Gasteiger partial charge in [0, 0.05) is 25.5 Å². The fraction of sp³-hybridized carbons (Fsp3) is 0.316. The van der Waals surface area contributed by atoms with E-state index in [0.29, 0.717) is 27.2 Å². The summed E-state index contributed by atoms with van der Waals surface area (Å²) in [6.45, 7) is 2.32. The second-order valence-electron chi connectivity index (χ2n) is 7.02. The van der Waals surface area contributed by atoms with Crippen LogP contribution in [0.1, 0.15) is 27.2 Å². The summed E-state index contributed by atoms with van der Waals surface area (Å²) in [6, 6.07) is 4.89. The van der Waals surface area contributed by atoms with Gasteiger partial charge in [-0.25, -0.2) is 13.4 Å². The van der Waals surface area contributed by atoms with Gasteiger partial charge < -0.3 is 9.47 Å². The SMILES string of the molecule is Cc1c(C(=O)N2CCCc3cc(S(C)(=O)=O)ccc32)sc2ncn(C)c(=O)c12. The number of hydrogen-bond donors (Lipinski definition) is 0. The molecule has 4 rings (SSSR count). The summed E-state index contributed by atoms with van der Waals surface area (Å²) in [5.74, 6) is -0.185. The molecule has 1 aliphatic heterocycles. The summed E-state index contributed by atoms with van der Waals surface area (Å²) < 4.78 is 25.1. The first-order valence-electron chi connectivity index (χ1n) is 8.78. The first-order valence-corrected chi connectivity index (χ1v) is 11.5. The summed E-state index contributed by atoms with van der Waals surface area (Å²) >= 11 is 1.22. The Hall–Kier alpha value is -2.52. The van der Waals surface area contributed by atoms with Crippen molar-refractivity contribution in [3.05, 3.63) is 50.9 Å². The van der Waals surface area contributed by atoms with Crippen molar-refractivity contribution in [2.45, 2.75) is 24.7 Å². The number of thiophene rings is 1. The molecule has 1 amide bonds. The number of anilines is 1. The second-order valence-corrected chi connectivity index (χ2v) is 10.0. The minimum Gasteiger partial charge on any atom is -0.307 e. The molecule has 0 aliphatic carbocycles. The Morgan fingerprint density at radius 3 is 2.75 bits per heavy atom. The highest BCUT2D eigenvalue weighted by molar-refractivity contribution is 7.90. The van der Waals surface area contributed by atoms with E-state index in [-0.39, 0.29) is 16.4 Å². The topological polar surface area (TPSA) is 89.3 Å². The number of nitrogens with zero attached hydrogens (tertiary/aromatic N) is 3. The molecule has 3 heterocycles. The van der Waals surface area contributed by atoms with Crippen molar-refractivity contribution >= 4 is 43.0 Å². The smallest absolute Gasteiger partial charge is 0.268 e.